The van der Waals surface area contributed by atoms with Crippen LogP contribution in [0.2, 0.25) is 0 Å². The van der Waals surface area contributed by atoms with Crippen LogP contribution >= 0.6 is 23.4 Å². The summed E-state index contributed by atoms with van der Waals surface area (Å²) in [5, 5.41) is 6.87. The average molecular weight is 595 g/mol. The van der Waals surface area contributed by atoms with Gasteiger partial charge in [0, 0.05) is 59.8 Å². The molecule has 3 aromatic carbocycles. The second-order valence-electron chi connectivity index (χ2n) is 9.81. The molecule has 2 aromatic heterocycles. The fourth-order valence-electron chi connectivity index (χ4n) is 4.31. The molecule has 0 aliphatic carbocycles. The molecule has 0 saturated heterocycles. The molecule has 5 aromatic rings. The molecule has 2 N–H and O–H groups in total. The number of rotatable bonds is 14. The number of aromatic nitrogens is 2. The number of thioether (sulfide) groups is 1. The number of pyridine rings is 2. The van der Waals surface area contributed by atoms with Crippen LogP contribution in [0.1, 0.15) is 24.0 Å². The van der Waals surface area contributed by atoms with Gasteiger partial charge in [-0.05, 0) is 78.2 Å². The van der Waals surface area contributed by atoms with Gasteiger partial charge in [0.2, 0.25) is 0 Å². The molecular formula is C36H39ClN4S. The molecule has 0 atom stereocenters. The van der Waals surface area contributed by atoms with E-state index in [0.717, 1.165) is 50.3 Å². The lowest BCUT2D eigenvalue weighted by Crippen LogP contribution is -2.15. The maximum atomic E-state index is 5.64. The van der Waals surface area contributed by atoms with Gasteiger partial charge in [0.1, 0.15) is 0 Å². The van der Waals surface area contributed by atoms with Crippen molar-refractivity contribution in [1.82, 2.24) is 20.6 Å². The van der Waals surface area contributed by atoms with E-state index in [1.165, 1.54) is 32.7 Å². The summed E-state index contributed by atoms with van der Waals surface area (Å²) in [6.45, 7) is 3.67. The summed E-state index contributed by atoms with van der Waals surface area (Å²) in [7, 11) is 0. The summed E-state index contributed by atoms with van der Waals surface area (Å²) in [4.78, 5) is 10.0. The normalized spacial score (nSPS) is 10.6. The second kappa shape index (κ2) is 18.9. The van der Waals surface area contributed by atoms with E-state index in [-0.39, 0.29) is 0 Å². The van der Waals surface area contributed by atoms with Crippen LogP contribution in [-0.2, 0) is 13.1 Å². The largest absolute Gasteiger partial charge is 0.313 e. The highest BCUT2D eigenvalue weighted by molar-refractivity contribution is 7.99. The van der Waals surface area contributed by atoms with Crippen LogP contribution < -0.4 is 10.6 Å². The maximum Gasteiger partial charge on any atom is 0.0346 e. The maximum absolute atomic E-state index is 5.64. The highest BCUT2D eigenvalue weighted by Crippen LogP contribution is 2.20. The van der Waals surface area contributed by atoms with E-state index in [0.29, 0.717) is 5.88 Å². The number of hydrogen-bond donors (Lipinski definition) is 2. The van der Waals surface area contributed by atoms with E-state index >= 15 is 0 Å². The average Bonchev–Trinajstić information content (AvgIpc) is 3.07. The van der Waals surface area contributed by atoms with Crippen molar-refractivity contribution in [3.8, 4) is 22.3 Å². The van der Waals surface area contributed by atoms with Crippen molar-refractivity contribution in [2.24, 2.45) is 0 Å². The fourth-order valence-corrected chi connectivity index (χ4v) is 5.31. The quantitative estimate of drug-likeness (QED) is 0.0767. The Bertz CT molecular complexity index is 1420. The zero-order chi connectivity index (χ0) is 29.1. The predicted octanol–water partition coefficient (Wildman–Crippen LogP) is 8.49. The Labute approximate surface area is 260 Å². The van der Waals surface area contributed by atoms with Crippen molar-refractivity contribution in [2.75, 3.05) is 24.7 Å². The first-order valence-electron chi connectivity index (χ1n) is 14.5. The predicted molar refractivity (Wildman–Crippen MR) is 180 cm³/mol. The lowest BCUT2D eigenvalue weighted by Gasteiger charge is -2.07. The SMILES string of the molecule is ClCCCNCc1cncc(-c2ccccc2)c1.c1ccc(SCCCNCc2cncc(-c3ccccc3)c2)cc1. The Morgan fingerprint density at radius 1 is 0.548 bits per heavy atom. The number of hydrogen-bond acceptors (Lipinski definition) is 5. The Kier molecular flexibility index (Phi) is 14.1. The molecule has 0 amide bonds. The van der Waals surface area contributed by atoms with Crippen LogP contribution in [0.4, 0.5) is 0 Å². The third kappa shape index (κ3) is 11.4. The first-order chi connectivity index (χ1) is 20.8. The molecule has 42 heavy (non-hydrogen) atoms. The topological polar surface area (TPSA) is 49.8 Å². The summed E-state index contributed by atoms with van der Waals surface area (Å²) in [5.41, 5.74) is 7.18. The standard InChI is InChI=1S/C21H22N2S.C15H17ClN2/c1-3-8-19(9-4-1)20-14-18(16-23-17-20)15-22-12-7-13-24-21-10-5-2-6-11-21;16-7-4-8-17-10-13-9-15(12-18-11-13)14-5-2-1-3-6-14/h1-6,8-11,14,16-17,22H,7,12-13,15H2;1-3,5-6,9,11-12,17H,4,7-8,10H2. The van der Waals surface area contributed by atoms with Crippen molar-refractivity contribution < 1.29 is 0 Å². The van der Waals surface area contributed by atoms with Crippen molar-refractivity contribution in [3.05, 3.63) is 139 Å². The molecule has 0 bridgehead atoms. The van der Waals surface area contributed by atoms with E-state index < -0.39 is 0 Å². The molecule has 0 saturated carbocycles. The monoisotopic (exact) mass is 594 g/mol. The number of alkyl halides is 1. The third-order valence-corrected chi connectivity index (χ3v) is 7.82. The smallest absolute Gasteiger partial charge is 0.0346 e. The van der Waals surface area contributed by atoms with Gasteiger partial charge in [0.25, 0.3) is 0 Å². The van der Waals surface area contributed by atoms with E-state index in [9.17, 15) is 0 Å². The molecule has 6 heteroatoms. The molecule has 0 aliphatic rings. The third-order valence-electron chi connectivity index (χ3n) is 6.46. The molecule has 4 nitrogen and oxygen atoms in total. The molecule has 0 unspecified atom stereocenters. The minimum atomic E-state index is 0.704. The number of nitrogens with one attached hydrogen (secondary N) is 2. The fraction of sp³-hybridized carbons (Fsp3) is 0.222. The number of halogens is 1. The Morgan fingerprint density at radius 2 is 1.02 bits per heavy atom. The lowest BCUT2D eigenvalue weighted by atomic mass is 10.1. The highest BCUT2D eigenvalue weighted by atomic mass is 35.5. The van der Waals surface area contributed by atoms with Crippen LogP contribution in [0, 0.1) is 0 Å². The molecule has 216 valence electrons. The molecular weight excluding hydrogens is 556 g/mol. The van der Waals surface area contributed by atoms with Gasteiger partial charge in [0.15, 0.2) is 0 Å². The Hall–Kier alpha value is -3.48. The zero-order valence-corrected chi connectivity index (χ0v) is 25.5. The van der Waals surface area contributed by atoms with Gasteiger partial charge in [-0.3, -0.25) is 9.97 Å². The van der Waals surface area contributed by atoms with Gasteiger partial charge in [-0.1, -0.05) is 78.9 Å². The highest BCUT2D eigenvalue weighted by Gasteiger charge is 2.01. The van der Waals surface area contributed by atoms with E-state index in [2.05, 4.69) is 99.5 Å². The summed E-state index contributed by atoms with van der Waals surface area (Å²) in [6.07, 6.45) is 9.82. The molecule has 0 spiro atoms. The number of nitrogens with zero attached hydrogens (tertiary/aromatic N) is 2. The Balaban J connectivity index is 0.000000201. The molecule has 0 radical (unpaired) electrons. The van der Waals surface area contributed by atoms with Gasteiger partial charge in [-0.15, -0.1) is 23.4 Å². The second-order valence-corrected chi connectivity index (χ2v) is 11.4. The van der Waals surface area contributed by atoms with Gasteiger partial charge in [-0.2, -0.15) is 0 Å². The van der Waals surface area contributed by atoms with Gasteiger partial charge < -0.3 is 10.6 Å². The molecule has 2 heterocycles. The summed E-state index contributed by atoms with van der Waals surface area (Å²) < 4.78 is 0. The van der Waals surface area contributed by atoms with Crippen molar-refractivity contribution >= 4 is 23.4 Å². The van der Waals surface area contributed by atoms with Gasteiger partial charge >= 0.3 is 0 Å². The zero-order valence-electron chi connectivity index (χ0n) is 24.0. The van der Waals surface area contributed by atoms with Gasteiger partial charge in [0.05, 0.1) is 0 Å². The molecule has 5 rings (SSSR count). The molecule has 0 fully saturated rings. The minimum Gasteiger partial charge on any atom is -0.313 e. The minimum absolute atomic E-state index is 0.704. The van der Waals surface area contributed by atoms with Crippen LogP contribution in [0.15, 0.2) is 133 Å². The summed E-state index contributed by atoms with van der Waals surface area (Å²) in [5.74, 6) is 1.84. The van der Waals surface area contributed by atoms with Crippen LogP contribution in [0.25, 0.3) is 22.3 Å². The van der Waals surface area contributed by atoms with Crippen molar-refractivity contribution in [2.45, 2.75) is 30.8 Å². The number of benzene rings is 3. The first kappa shape index (κ1) is 31.5. The van der Waals surface area contributed by atoms with E-state index in [4.69, 9.17) is 11.6 Å². The molecule has 0 aliphatic heterocycles. The van der Waals surface area contributed by atoms with Crippen LogP contribution in [0.5, 0.6) is 0 Å². The first-order valence-corrected chi connectivity index (χ1v) is 16.0. The van der Waals surface area contributed by atoms with Gasteiger partial charge in [-0.25, -0.2) is 0 Å². The van der Waals surface area contributed by atoms with E-state index in [1.807, 2.05) is 60.8 Å². The van der Waals surface area contributed by atoms with E-state index in [1.54, 1.807) is 0 Å². The van der Waals surface area contributed by atoms with Crippen molar-refractivity contribution in [1.29, 1.82) is 0 Å². The van der Waals surface area contributed by atoms with Crippen molar-refractivity contribution in [3.63, 3.8) is 0 Å². The summed E-state index contributed by atoms with van der Waals surface area (Å²) >= 11 is 7.55. The lowest BCUT2D eigenvalue weighted by molar-refractivity contribution is 0.676. The Morgan fingerprint density at radius 3 is 1.52 bits per heavy atom. The van der Waals surface area contributed by atoms with Crippen LogP contribution in [0.3, 0.4) is 0 Å². The summed E-state index contributed by atoms with van der Waals surface area (Å²) in [6, 6.07) is 35.7. The van der Waals surface area contributed by atoms with Crippen LogP contribution in [-0.4, -0.2) is 34.7 Å².